The molecule has 1 saturated carbocycles. The highest BCUT2D eigenvalue weighted by Crippen LogP contribution is 2.36. The molecule has 0 aromatic heterocycles. The molecule has 144 valence electrons. The number of benzene rings is 1. The van der Waals surface area contributed by atoms with E-state index in [1.165, 1.54) is 64.5 Å². The molecule has 1 aliphatic carbocycles. The topological polar surface area (TPSA) is 50.8 Å². The lowest BCUT2D eigenvalue weighted by Gasteiger charge is -2.48. The highest BCUT2D eigenvalue weighted by Gasteiger charge is 2.38. The summed E-state index contributed by atoms with van der Waals surface area (Å²) < 4.78 is 10.7. The third-order valence-corrected chi connectivity index (χ3v) is 6.04. The first kappa shape index (κ1) is 19.0. The van der Waals surface area contributed by atoms with Crippen molar-refractivity contribution in [3.05, 3.63) is 23.8 Å². The highest BCUT2D eigenvalue weighted by molar-refractivity contribution is 5.97. The number of likely N-dealkylation sites (tertiary alicyclic amines) is 1. The SMILES string of the molecule is COc1cccc(C(=O)NCC2(N3CCCCC3)CCCCC2)c1OC. The van der Waals surface area contributed by atoms with Gasteiger partial charge in [-0.1, -0.05) is 31.7 Å². The summed E-state index contributed by atoms with van der Waals surface area (Å²) in [6.07, 6.45) is 10.1. The molecule has 1 amide bonds. The molecule has 2 aliphatic rings. The summed E-state index contributed by atoms with van der Waals surface area (Å²) in [7, 11) is 3.16. The number of nitrogens with one attached hydrogen (secondary N) is 1. The minimum absolute atomic E-state index is 0.0808. The van der Waals surface area contributed by atoms with E-state index in [9.17, 15) is 4.79 Å². The van der Waals surface area contributed by atoms with E-state index in [0.29, 0.717) is 23.6 Å². The van der Waals surface area contributed by atoms with Crippen LogP contribution >= 0.6 is 0 Å². The predicted octanol–water partition coefficient (Wildman–Crippen LogP) is 3.62. The second-order valence-corrected chi connectivity index (χ2v) is 7.56. The second-order valence-electron chi connectivity index (χ2n) is 7.56. The van der Waals surface area contributed by atoms with Crippen molar-refractivity contribution in [2.75, 3.05) is 33.9 Å². The molecule has 0 atom stereocenters. The zero-order valence-electron chi connectivity index (χ0n) is 16.2. The van der Waals surface area contributed by atoms with E-state index >= 15 is 0 Å². The number of para-hydroxylation sites is 1. The maximum absolute atomic E-state index is 12.9. The first-order valence-corrected chi connectivity index (χ1v) is 9.94. The number of nitrogens with zero attached hydrogens (tertiary/aromatic N) is 1. The first-order chi connectivity index (χ1) is 12.7. The van der Waals surface area contributed by atoms with Crippen molar-refractivity contribution in [2.45, 2.75) is 56.9 Å². The van der Waals surface area contributed by atoms with Gasteiger partial charge in [-0.3, -0.25) is 9.69 Å². The van der Waals surface area contributed by atoms with Gasteiger partial charge in [-0.15, -0.1) is 0 Å². The lowest BCUT2D eigenvalue weighted by Crippen LogP contribution is -2.58. The van der Waals surface area contributed by atoms with Gasteiger partial charge in [-0.05, 0) is 50.9 Å². The summed E-state index contributed by atoms with van der Waals surface area (Å²) >= 11 is 0. The van der Waals surface area contributed by atoms with E-state index in [-0.39, 0.29) is 11.4 Å². The Morgan fingerprint density at radius 1 is 1.04 bits per heavy atom. The molecule has 5 heteroatoms. The smallest absolute Gasteiger partial charge is 0.255 e. The van der Waals surface area contributed by atoms with Crippen LogP contribution in [0.5, 0.6) is 11.5 Å². The Morgan fingerprint density at radius 3 is 2.38 bits per heavy atom. The van der Waals surface area contributed by atoms with Crippen molar-refractivity contribution in [2.24, 2.45) is 0 Å². The standard InChI is InChI=1S/C21H32N2O3/c1-25-18-11-9-10-17(19(18)26-2)20(24)22-16-21(12-5-3-6-13-21)23-14-7-4-8-15-23/h9-11H,3-8,12-16H2,1-2H3,(H,22,24). The first-order valence-electron chi connectivity index (χ1n) is 9.94. The number of hydrogen-bond donors (Lipinski definition) is 1. The summed E-state index contributed by atoms with van der Waals surface area (Å²) in [5.41, 5.74) is 0.664. The molecule has 1 heterocycles. The molecule has 1 saturated heterocycles. The molecule has 2 fully saturated rings. The number of ether oxygens (including phenoxy) is 2. The summed E-state index contributed by atoms with van der Waals surface area (Å²) in [4.78, 5) is 15.5. The van der Waals surface area contributed by atoms with Crippen molar-refractivity contribution in [3.8, 4) is 11.5 Å². The maximum Gasteiger partial charge on any atom is 0.255 e. The fourth-order valence-corrected chi connectivity index (χ4v) is 4.59. The zero-order valence-corrected chi connectivity index (χ0v) is 16.2. The van der Waals surface area contributed by atoms with E-state index < -0.39 is 0 Å². The molecule has 1 N–H and O–H groups in total. The molecule has 0 spiro atoms. The van der Waals surface area contributed by atoms with Gasteiger partial charge in [0.15, 0.2) is 11.5 Å². The molecule has 0 unspecified atom stereocenters. The number of methoxy groups -OCH3 is 2. The van der Waals surface area contributed by atoms with Gasteiger partial charge in [0, 0.05) is 12.1 Å². The molecule has 1 aliphatic heterocycles. The Hall–Kier alpha value is -1.75. The fourth-order valence-electron chi connectivity index (χ4n) is 4.59. The lowest BCUT2D eigenvalue weighted by molar-refractivity contribution is 0.0326. The van der Waals surface area contributed by atoms with Gasteiger partial charge in [0.25, 0.3) is 5.91 Å². The molecule has 0 radical (unpaired) electrons. The third kappa shape index (κ3) is 3.98. The Morgan fingerprint density at radius 2 is 1.73 bits per heavy atom. The number of carbonyl (C=O) groups excluding carboxylic acids is 1. The van der Waals surface area contributed by atoms with Crippen LogP contribution in [0.15, 0.2) is 18.2 Å². The third-order valence-electron chi connectivity index (χ3n) is 6.04. The van der Waals surface area contributed by atoms with Gasteiger partial charge in [0.1, 0.15) is 0 Å². The number of rotatable bonds is 6. The number of carbonyl (C=O) groups is 1. The molecule has 3 rings (SSSR count). The normalized spacial score (nSPS) is 20.4. The van der Waals surface area contributed by atoms with E-state index in [2.05, 4.69) is 10.2 Å². The molecule has 1 aromatic carbocycles. The minimum atomic E-state index is -0.0808. The monoisotopic (exact) mass is 360 g/mol. The number of hydrogen-bond acceptors (Lipinski definition) is 4. The Kier molecular flexibility index (Phi) is 6.41. The Labute approximate surface area is 157 Å². The molecular formula is C21H32N2O3. The van der Waals surface area contributed by atoms with Gasteiger partial charge in [0.05, 0.1) is 19.8 Å². The van der Waals surface area contributed by atoms with Crippen molar-refractivity contribution < 1.29 is 14.3 Å². The zero-order chi connectivity index (χ0) is 18.4. The Bertz CT molecular complexity index is 605. The van der Waals surface area contributed by atoms with Crippen LogP contribution in [0.3, 0.4) is 0 Å². The number of amides is 1. The minimum Gasteiger partial charge on any atom is -0.493 e. The molecule has 26 heavy (non-hydrogen) atoms. The van der Waals surface area contributed by atoms with Crippen LogP contribution < -0.4 is 14.8 Å². The molecule has 1 aromatic rings. The number of piperidine rings is 1. The van der Waals surface area contributed by atoms with Crippen LogP contribution in [-0.2, 0) is 0 Å². The summed E-state index contributed by atoms with van der Waals surface area (Å²) in [5, 5.41) is 3.22. The van der Waals surface area contributed by atoms with Crippen LogP contribution in [0, 0.1) is 0 Å². The van der Waals surface area contributed by atoms with Gasteiger partial charge >= 0.3 is 0 Å². The van der Waals surface area contributed by atoms with Crippen molar-refractivity contribution in [1.29, 1.82) is 0 Å². The van der Waals surface area contributed by atoms with Gasteiger partial charge in [-0.2, -0.15) is 0 Å². The predicted molar refractivity (Wildman–Crippen MR) is 103 cm³/mol. The lowest BCUT2D eigenvalue weighted by atomic mass is 9.79. The van der Waals surface area contributed by atoms with E-state index in [1.54, 1.807) is 20.3 Å². The fraction of sp³-hybridized carbons (Fsp3) is 0.667. The van der Waals surface area contributed by atoms with Gasteiger partial charge < -0.3 is 14.8 Å². The van der Waals surface area contributed by atoms with Crippen LogP contribution in [0.4, 0.5) is 0 Å². The second kappa shape index (κ2) is 8.76. The van der Waals surface area contributed by atoms with Crippen LogP contribution in [0.1, 0.15) is 61.7 Å². The average Bonchev–Trinajstić information content (AvgIpc) is 2.72. The average molecular weight is 360 g/mol. The van der Waals surface area contributed by atoms with Crippen LogP contribution in [-0.4, -0.2) is 50.2 Å². The quantitative estimate of drug-likeness (QED) is 0.842. The largest absolute Gasteiger partial charge is 0.493 e. The van der Waals surface area contributed by atoms with Gasteiger partial charge in [-0.25, -0.2) is 0 Å². The van der Waals surface area contributed by atoms with E-state index in [4.69, 9.17) is 9.47 Å². The van der Waals surface area contributed by atoms with Gasteiger partial charge in [0.2, 0.25) is 0 Å². The summed E-state index contributed by atoms with van der Waals surface area (Å²) in [6.45, 7) is 3.04. The van der Waals surface area contributed by atoms with Crippen molar-refractivity contribution >= 4 is 5.91 Å². The van der Waals surface area contributed by atoms with Crippen LogP contribution in [0.25, 0.3) is 0 Å². The Balaban J connectivity index is 1.74. The summed E-state index contributed by atoms with van der Waals surface area (Å²) in [5.74, 6) is 1.01. The van der Waals surface area contributed by atoms with Crippen molar-refractivity contribution in [3.63, 3.8) is 0 Å². The van der Waals surface area contributed by atoms with E-state index in [1.807, 2.05) is 12.1 Å². The summed E-state index contributed by atoms with van der Waals surface area (Å²) in [6, 6.07) is 5.44. The van der Waals surface area contributed by atoms with Crippen LogP contribution in [0.2, 0.25) is 0 Å². The molecule has 5 nitrogen and oxygen atoms in total. The highest BCUT2D eigenvalue weighted by atomic mass is 16.5. The maximum atomic E-state index is 12.9. The van der Waals surface area contributed by atoms with Crippen molar-refractivity contribution in [1.82, 2.24) is 10.2 Å². The van der Waals surface area contributed by atoms with E-state index in [0.717, 1.165) is 0 Å². The molecular weight excluding hydrogens is 328 g/mol. The molecule has 0 bridgehead atoms.